The third kappa shape index (κ3) is 4.26. The maximum Gasteiger partial charge on any atom is 0.278 e. The van der Waals surface area contributed by atoms with Crippen molar-refractivity contribution in [2.45, 2.75) is 13.1 Å². The number of carbonyl (C=O) groups excluding carboxylic acids is 1. The summed E-state index contributed by atoms with van der Waals surface area (Å²) < 4.78 is 6.68. The molecule has 3 rings (SSSR count). The molecule has 0 aliphatic heterocycles. The molecule has 1 aromatic carbocycles. The summed E-state index contributed by atoms with van der Waals surface area (Å²) in [4.78, 5) is 27.4. The average Bonchev–Trinajstić information content (AvgIpc) is 3.09. The lowest BCUT2D eigenvalue weighted by Crippen LogP contribution is -2.32. The van der Waals surface area contributed by atoms with E-state index in [1.807, 2.05) is 29.6 Å². The summed E-state index contributed by atoms with van der Waals surface area (Å²) in [5.74, 6) is 0.402. The number of hydrogen-bond donors (Lipinski definition) is 1. The maximum atomic E-state index is 11.9. The molecule has 0 saturated carbocycles. The number of rotatable bonds is 6. The van der Waals surface area contributed by atoms with Gasteiger partial charge in [-0.3, -0.25) is 9.59 Å². The number of amides is 1. The van der Waals surface area contributed by atoms with E-state index in [1.165, 1.54) is 29.7 Å². The highest BCUT2D eigenvalue weighted by molar-refractivity contribution is 7.11. The van der Waals surface area contributed by atoms with Gasteiger partial charge in [-0.1, -0.05) is 23.5 Å². The Kier molecular flexibility index (Phi) is 4.97. The number of thiazole rings is 1. The van der Waals surface area contributed by atoms with Crippen molar-refractivity contribution < 1.29 is 9.53 Å². The Labute approximate surface area is 141 Å². The fraction of sp³-hybridized carbons (Fsp3) is 0.125. The molecule has 122 valence electrons. The number of benzene rings is 1. The van der Waals surface area contributed by atoms with Crippen molar-refractivity contribution in [3.8, 4) is 10.9 Å². The molecule has 0 atom stereocenters. The first-order valence-corrected chi connectivity index (χ1v) is 8.04. The Morgan fingerprint density at radius 3 is 2.75 bits per heavy atom. The molecule has 0 bridgehead atoms. The third-order valence-corrected chi connectivity index (χ3v) is 3.75. The zero-order valence-corrected chi connectivity index (χ0v) is 13.4. The number of nitrogens with one attached hydrogen (secondary N) is 1. The van der Waals surface area contributed by atoms with Crippen molar-refractivity contribution in [1.29, 1.82) is 0 Å². The van der Waals surface area contributed by atoms with Crippen LogP contribution in [0.5, 0.6) is 10.9 Å². The van der Waals surface area contributed by atoms with Crippen LogP contribution in [-0.4, -0.2) is 20.7 Å². The Morgan fingerprint density at radius 1 is 1.21 bits per heavy atom. The van der Waals surface area contributed by atoms with Crippen LogP contribution in [0.25, 0.3) is 0 Å². The normalized spacial score (nSPS) is 10.3. The Balaban J connectivity index is 1.52. The SMILES string of the molecule is O=C(Cn1ncccc1=O)NCc1ccc(Oc2nccs2)cc1. The third-order valence-electron chi connectivity index (χ3n) is 3.11. The number of ether oxygens (including phenoxy) is 1. The van der Waals surface area contributed by atoms with Crippen molar-refractivity contribution in [1.82, 2.24) is 20.1 Å². The first kappa shape index (κ1) is 15.9. The van der Waals surface area contributed by atoms with Gasteiger partial charge in [-0.25, -0.2) is 9.67 Å². The van der Waals surface area contributed by atoms with Gasteiger partial charge >= 0.3 is 0 Å². The summed E-state index contributed by atoms with van der Waals surface area (Å²) in [6.45, 7) is 0.253. The Bertz CT molecular complexity index is 860. The predicted octanol–water partition coefficient (Wildman–Crippen LogP) is 1.81. The lowest BCUT2D eigenvalue weighted by Gasteiger charge is -2.07. The molecule has 2 aromatic heterocycles. The van der Waals surface area contributed by atoms with Crippen LogP contribution in [0.15, 0.2) is 59.0 Å². The maximum absolute atomic E-state index is 11.9. The Morgan fingerprint density at radius 2 is 2.04 bits per heavy atom. The predicted molar refractivity (Wildman–Crippen MR) is 89.0 cm³/mol. The van der Waals surface area contributed by atoms with Crippen LogP contribution in [0, 0.1) is 0 Å². The van der Waals surface area contributed by atoms with E-state index in [1.54, 1.807) is 6.20 Å². The van der Waals surface area contributed by atoms with Crippen molar-refractivity contribution in [3.05, 3.63) is 70.1 Å². The summed E-state index contributed by atoms with van der Waals surface area (Å²) >= 11 is 1.41. The van der Waals surface area contributed by atoms with Crippen molar-refractivity contribution >= 4 is 17.2 Å². The minimum atomic E-state index is -0.309. The molecule has 0 aliphatic carbocycles. The lowest BCUT2D eigenvalue weighted by atomic mass is 10.2. The lowest BCUT2D eigenvalue weighted by molar-refractivity contribution is -0.122. The van der Waals surface area contributed by atoms with E-state index in [0.717, 1.165) is 10.2 Å². The summed E-state index contributed by atoms with van der Waals surface area (Å²) in [5.41, 5.74) is 0.611. The van der Waals surface area contributed by atoms with Gasteiger partial charge in [0.05, 0.1) is 0 Å². The monoisotopic (exact) mass is 342 g/mol. The molecule has 0 saturated heterocycles. The minimum absolute atomic E-state index is 0.106. The molecule has 0 unspecified atom stereocenters. The summed E-state index contributed by atoms with van der Waals surface area (Å²) in [6, 6.07) is 10.2. The first-order chi connectivity index (χ1) is 11.7. The first-order valence-electron chi connectivity index (χ1n) is 7.16. The molecular weight excluding hydrogens is 328 g/mol. The molecule has 24 heavy (non-hydrogen) atoms. The zero-order chi connectivity index (χ0) is 16.8. The van der Waals surface area contributed by atoms with Crippen LogP contribution in [-0.2, 0) is 17.9 Å². The average molecular weight is 342 g/mol. The van der Waals surface area contributed by atoms with E-state index in [0.29, 0.717) is 17.5 Å². The molecule has 0 radical (unpaired) electrons. The van der Waals surface area contributed by atoms with Crippen molar-refractivity contribution in [2.24, 2.45) is 0 Å². The van der Waals surface area contributed by atoms with Gasteiger partial charge in [-0.05, 0) is 23.8 Å². The summed E-state index contributed by atoms with van der Waals surface area (Å²) in [7, 11) is 0. The molecule has 0 fully saturated rings. The molecule has 0 aliphatic rings. The smallest absolute Gasteiger partial charge is 0.278 e. The molecule has 1 amide bonds. The highest BCUT2D eigenvalue weighted by atomic mass is 32.1. The summed E-state index contributed by atoms with van der Waals surface area (Å²) in [6.07, 6.45) is 3.15. The number of nitrogens with zero attached hydrogens (tertiary/aromatic N) is 3. The largest absolute Gasteiger partial charge is 0.431 e. The fourth-order valence-corrected chi connectivity index (χ4v) is 2.44. The van der Waals surface area contributed by atoms with Gasteiger partial charge in [0.1, 0.15) is 12.3 Å². The van der Waals surface area contributed by atoms with Crippen LogP contribution < -0.4 is 15.6 Å². The van der Waals surface area contributed by atoms with Crippen molar-refractivity contribution in [2.75, 3.05) is 0 Å². The molecule has 0 spiro atoms. The zero-order valence-electron chi connectivity index (χ0n) is 12.6. The van der Waals surface area contributed by atoms with Gasteiger partial charge in [-0.2, -0.15) is 5.10 Å². The van der Waals surface area contributed by atoms with Crippen LogP contribution in [0.3, 0.4) is 0 Å². The highest BCUT2D eigenvalue weighted by Crippen LogP contribution is 2.23. The summed E-state index contributed by atoms with van der Waals surface area (Å²) in [5, 5.41) is 9.01. The number of carbonyl (C=O) groups is 1. The molecule has 2 heterocycles. The number of hydrogen-bond acceptors (Lipinski definition) is 6. The molecule has 1 N–H and O–H groups in total. The number of aromatic nitrogens is 3. The van der Waals surface area contributed by atoms with Gasteiger partial charge in [0.25, 0.3) is 10.8 Å². The molecule has 8 heteroatoms. The van der Waals surface area contributed by atoms with Crippen LogP contribution >= 0.6 is 11.3 Å². The van der Waals surface area contributed by atoms with E-state index in [-0.39, 0.29) is 18.0 Å². The van der Waals surface area contributed by atoms with Gasteiger partial charge in [0.2, 0.25) is 5.91 Å². The molecule has 3 aromatic rings. The second-order valence-corrected chi connectivity index (χ2v) is 5.70. The van der Waals surface area contributed by atoms with Crippen molar-refractivity contribution in [3.63, 3.8) is 0 Å². The van der Waals surface area contributed by atoms with Gasteiger partial charge in [0, 0.05) is 30.4 Å². The fourth-order valence-electron chi connectivity index (χ4n) is 1.94. The van der Waals surface area contributed by atoms with Crippen LogP contribution in [0.1, 0.15) is 5.56 Å². The standard InChI is InChI=1S/C16H14N4O3S/c21-14(11-20-15(22)2-1-7-19-20)18-10-12-3-5-13(6-4-12)23-16-17-8-9-24-16/h1-9H,10-11H2,(H,18,21). The van der Waals surface area contributed by atoms with E-state index >= 15 is 0 Å². The van der Waals surface area contributed by atoms with Crippen LogP contribution in [0.2, 0.25) is 0 Å². The second-order valence-electron chi connectivity index (χ2n) is 4.84. The van der Waals surface area contributed by atoms with E-state index in [9.17, 15) is 9.59 Å². The van der Waals surface area contributed by atoms with Gasteiger partial charge < -0.3 is 10.1 Å². The van der Waals surface area contributed by atoms with E-state index in [4.69, 9.17) is 4.74 Å². The Hall–Kier alpha value is -3.00. The minimum Gasteiger partial charge on any atom is -0.431 e. The van der Waals surface area contributed by atoms with Gasteiger partial charge in [0.15, 0.2) is 0 Å². The van der Waals surface area contributed by atoms with E-state index < -0.39 is 0 Å². The second kappa shape index (κ2) is 7.51. The van der Waals surface area contributed by atoms with E-state index in [2.05, 4.69) is 15.4 Å². The van der Waals surface area contributed by atoms with Crippen LogP contribution in [0.4, 0.5) is 0 Å². The topological polar surface area (TPSA) is 86.1 Å². The van der Waals surface area contributed by atoms with Gasteiger partial charge in [-0.15, -0.1) is 0 Å². The highest BCUT2D eigenvalue weighted by Gasteiger charge is 2.05. The molecular formula is C16H14N4O3S. The quantitative estimate of drug-likeness (QED) is 0.738. The molecule has 7 nitrogen and oxygen atoms in total.